The lowest BCUT2D eigenvalue weighted by molar-refractivity contribution is 0.0692. The zero-order chi connectivity index (χ0) is 17.4. The molecule has 2 rings (SSSR count). The first-order valence-corrected chi connectivity index (χ1v) is 7.46. The molecule has 2 aromatic rings. The van der Waals surface area contributed by atoms with Gasteiger partial charge in [-0.2, -0.15) is 4.98 Å². The van der Waals surface area contributed by atoms with Crippen molar-refractivity contribution in [1.29, 1.82) is 0 Å². The number of ether oxygens (including phenoxy) is 1. The molecule has 0 aliphatic rings. The maximum Gasteiger partial charge on any atom is 0.342 e. The van der Waals surface area contributed by atoms with Crippen molar-refractivity contribution >= 4 is 5.97 Å². The maximum atomic E-state index is 11.4. The number of aromatic nitrogens is 2. The summed E-state index contributed by atoms with van der Waals surface area (Å²) in [7, 11) is 0. The zero-order valence-corrected chi connectivity index (χ0v) is 14.4. The van der Waals surface area contributed by atoms with Crippen LogP contribution in [0.25, 0.3) is 0 Å². The number of aryl methyl sites for hydroxylation is 3. The van der Waals surface area contributed by atoms with Crippen molar-refractivity contribution in [3.63, 3.8) is 0 Å². The van der Waals surface area contributed by atoms with Crippen molar-refractivity contribution in [2.45, 2.75) is 47.0 Å². The summed E-state index contributed by atoms with van der Waals surface area (Å²) in [6.07, 6.45) is 1.31. The number of aromatic carboxylic acids is 1. The van der Waals surface area contributed by atoms with Crippen LogP contribution >= 0.6 is 0 Å². The highest BCUT2D eigenvalue weighted by atomic mass is 16.5. The van der Waals surface area contributed by atoms with Gasteiger partial charge in [-0.1, -0.05) is 38.5 Å². The molecule has 5 nitrogen and oxygen atoms in total. The molecule has 0 spiro atoms. The third kappa shape index (κ3) is 3.67. The fraction of sp³-hybridized carbons (Fsp3) is 0.389. The molecule has 0 atom stereocenters. The Morgan fingerprint density at radius 1 is 1.13 bits per heavy atom. The quantitative estimate of drug-likeness (QED) is 0.919. The summed E-state index contributed by atoms with van der Waals surface area (Å²) in [6, 6.07) is 3.99. The van der Waals surface area contributed by atoms with E-state index in [0.717, 1.165) is 16.7 Å². The predicted molar refractivity (Wildman–Crippen MR) is 88.4 cm³/mol. The van der Waals surface area contributed by atoms with E-state index >= 15 is 0 Å². The minimum absolute atomic E-state index is 0.0441. The molecule has 0 aliphatic carbocycles. The van der Waals surface area contributed by atoms with Gasteiger partial charge in [0.1, 0.15) is 17.1 Å². The molecule has 5 heteroatoms. The third-order valence-corrected chi connectivity index (χ3v) is 3.46. The number of carbonyl (C=O) groups is 1. The zero-order valence-electron chi connectivity index (χ0n) is 14.4. The molecule has 1 aromatic carbocycles. The number of rotatable bonds is 3. The van der Waals surface area contributed by atoms with Crippen LogP contribution in [0.1, 0.15) is 53.6 Å². The largest absolute Gasteiger partial charge is 0.477 e. The second-order valence-corrected chi connectivity index (χ2v) is 6.80. The minimum atomic E-state index is -1.11. The summed E-state index contributed by atoms with van der Waals surface area (Å²) in [4.78, 5) is 19.9. The molecule has 122 valence electrons. The Morgan fingerprint density at radius 2 is 1.70 bits per heavy atom. The highest BCUT2D eigenvalue weighted by Crippen LogP contribution is 2.31. The molecule has 0 aliphatic heterocycles. The molecule has 0 amide bonds. The Bertz CT molecular complexity index is 738. The molecule has 0 saturated carbocycles. The van der Waals surface area contributed by atoms with Crippen molar-refractivity contribution in [2.75, 3.05) is 0 Å². The van der Waals surface area contributed by atoms with Gasteiger partial charge < -0.3 is 9.84 Å². The van der Waals surface area contributed by atoms with Gasteiger partial charge >= 0.3 is 5.97 Å². The van der Waals surface area contributed by atoms with Gasteiger partial charge in [-0.15, -0.1) is 0 Å². The number of carboxylic acids is 1. The Hall–Kier alpha value is -2.43. The molecule has 1 aromatic heterocycles. The molecule has 23 heavy (non-hydrogen) atoms. The molecule has 0 saturated heterocycles. The van der Waals surface area contributed by atoms with E-state index < -0.39 is 5.97 Å². The SMILES string of the molecule is Cc1cc(C)c(Oc2nc(C(C)(C)C)ncc2C(=O)O)c(C)c1. The minimum Gasteiger partial charge on any atom is -0.477 e. The van der Waals surface area contributed by atoms with Crippen molar-refractivity contribution in [2.24, 2.45) is 0 Å². The van der Waals surface area contributed by atoms with Gasteiger partial charge in [0.25, 0.3) is 0 Å². The lowest BCUT2D eigenvalue weighted by Gasteiger charge is -2.19. The second-order valence-electron chi connectivity index (χ2n) is 6.80. The van der Waals surface area contributed by atoms with Crippen LogP contribution in [0.2, 0.25) is 0 Å². The number of benzene rings is 1. The van der Waals surface area contributed by atoms with Crippen LogP contribution < -0.4 is 4.74 Å². The summed E-state index contributed by atoms with van der Waals surface area (Å²) < 4.78 is 5.89. The molecule has 0 fully saturated rings. The van der Waals surface area contributed by atoms with Crippen LogP contribution in [0.5, 0.6) is 11.6 Å². The molecule has 0 bridgehead atoms. The lowest BCUT2D eigenvalue weighted by Crippen LogP contribution is -2.18. The normalized spacial score (nSPS) is 11.4. The molecule has 1 N–H and O–H groups in total. The van der Waals surface area contributed by atoms with E-state index in [2.05, 4.69) is 9.97 Å². The standard InChI is InChI=1S/C18H22N2O3/c1-10-7-11(2)14(12(3)8-10)23-15-13(16(21)22)9-19-17(20-15)18(4,5)6/h7-9H,1-6H3,(H,21,22). The Kier molecular flexibility index (Phi) is 4.41. The summed E-state index contributed by atoms with van der Waals surface area (Å²) in [5.74, 6) is 0.145. The first-order chi connectivity index (χ1) is 10.6. The number of carboxylic acid groups (broad SMARTS) is 1. The van der Waals surface area contributed by atoms with E-state index in [1.165, 1.54) is 6.20 Å². The van der Waals surface area contributed by atoms with E-state index in [4.69, 9.17) is 4.74 Å². The van der Waals surface area contributed by atoms with Crippen LogP contribution in [0.4, 0.5) is 0 Å². The Labute approximate surface area is 136 Å². The van der Waals surface area contributed by atoms with Gasteiger partial charge in [0.05, 0.1) is 0 Å². The molecule has 0 radical (unpaired) electrons. The number of nitrogens with zero attached hydrogens (tertiary/aromatic N) is 2. The van der Waals surface area contributed by atoms with E-state index in [1.807, 2.05) is 53.7 Å². The number of hydrogen-bond donors (Lipinski definition) is 1. The van der Waals surface area contributed by atoms with Crippen molar-refractivity contribution < 1.29 is 14.6 Å². The van der Waals surface area contributed by atoms with Crippen molar-refractivity contribution in [1.82, 2.24) is 9.97 Å². The Morgan fingerprint density at radius 3 is 2.17 bits per heavy atom. The van der Waals surface area contributed by atoms with Crippen LogP contribution in [-0.2, 0) is 5.41 Å². The summed E-state index contributed by atoms with van der Waals surface area (Å²) in [6.45, 7) is 11.8. The Balaban J connectivity index is 2.56. The van der Waals surface area contributed by atoms with Gasteiger partial charge in [0, 0.05) is 11.6 Å². The maximum absolute atomic E-state index is 11.4. The summed E-state index contributed by atoms with van der Waals surface area (Å²) >= 11 is 0. The number of hydrogen-bond acceptors (Lipinski definition) is 4. The van der Waals surface area contributed by atoms with E-state index in [9.17, 15) is 9.90 Å². The topological polar surface area (TPSA) is 72.3 Å². The van der Waals surface area contributed by atoms with E-state index in [0.29, 0.717) is 11.6 Å². The summed E-state index contributed by atoms with van der Waals surface area (Å²) in [5, 5.41) is 9.36. The van der Waals surface area contributed by atoms with Gasteiger partial charge in [0.2, 0.25) is 5.88 Å². The van der Waals surface area contributed by atoms with Crippen molar-refractivity contribution in [3.8, 4) is 11.6 Å². The van der Waals surface area contributed by atoms with Crippen LogP contribution in [0, 0.1) is 20.8 Å². The average Bonchev–Trinajstić information content (AvgIpc) is 2.41. The lowest BCUT2D eigenvalue weighted by atomic mass is 9.96. The van der Waals surface area contributed by atoms with E-state index in [-0.39, 0.29) is 16.9 Å². The summed E-state index contributed by atoms with van der Waals surface area (Å²) in [5.41, 5.74) is 2.66. The van der Waals surface area contributed by atoms with Gasteiger partial charge in [-0.3, -0.25) is 0 Å². The molecule has 1 heterocycles. The molecule has 0 unspecified atom stereocenters. The first kappa shape index (κ1) is 16.9. The second kappa shape index (κ2) is 5.99. The molecular formula is C18H22N2O3. The van der Waals surface area contributed by atoms with Gasteiger partial charge in [-0.25, -0.2) is 9.78 Å². The highest BCUT2D eigenvalue weighted by molar-refractivity contribution is 5.89. The van der Waals surface area contributed by atoms with Gasteiger partial charge in [0.15, 0.2) is 0 Å². The average molecular weight is 314 g/mol. The first-order valence-electron chi connectivity index (χ1n) is 7.46. The van der Waals surface area contributed by atoms with E-state index in [1.54, 1.807) is 0 Å². The predicted octanol–water partition coefficient (Wildman–Crippen LogP) is 4.19. The van der Waals surface area contributed by atoms with Gasteiger partial charge in [-0.05, 0) is 31.9 Å². The van der Waals surface area contributed by atoms with Crippen molar-refractivity contribution in [3.05, 3.63) is 46.4 Å². The van der Waals surface area contributed by atoms with Crippen LogP contribution in [-0.4, -0.2) is 21.0 Å². The monoisotopic (exact) mass is 314 g/mol. The highest BCUT2D eigenvalue weighted by Gasteiger charge is 2.23. The molecular weight excluding hydrogens is 292 g/mol. The van der Waals surface area contributed by atoms with Crippen LogP contribution in [0.15, 0.2) is 18.3 Å². The third-order valence-electron chi connectivity index (χ3n) is 3.46. The smallest absolute Gasteiger partial charge is 0.342 e. The fourth-order valence-corrected chi connectivity index (χ4v) is 2.38. The fourth-order valence-electron chi connectivity index (χ4n) is 2.38. The van der Waals surface area contributed by atoms with Crippen LogP contribution in [0.3, 0.4) is 0 Å².